The third-order valence-corrected chi connectivity index (χ3v) is 3.71. The average molecular weight is 219 g/mol. The molecule has 4 heteroatoms. The van der Waals surface area contributed by atoms with E-state index in [2.05, 4.69) is 18.7 Å². The van der Waals surface area contributed by atoms with Gasteiger partial charge in [0.1, 0.15) is 0 Å². The maximum Gasteiger partial charge on any atom is 0.169 e. The quantitative estimate of drug-likeness (QED) is 0.711. The second-order valence-electron chi connectivity index (χ2n) is 3.99. The lowest BCUT2D eigenvalue weighted by atomic mass is 10.2. The number of aliphatic hydroxyl groups is 1. The molecule has 2 atom stereocenters. The first-order valence-corrected chi connectivity index (χ1v) is 6.26. The van der Waals surface area contributed by atoms with Crippen LogP contribution in [0.5, 0.6) is 0 Å². The lowest BCUT2D eigenvalue weighted by molar-refractivity contribution is -0.114. The number of likely N-dealkylation sites (tertiary alicyclic amines) is 1. The van der Waals surface area contributed by atoms with Crippen molar-refractivity contribution in [2.45, 2.75) is 44.3 Å². The Bertz CT molecular complexity index is 166. The zero-order valence-electron chi connectivity index (χ0n) is 9.27. The Balaban J connectivity index is 2.35. The van der Waals surface area contributed by atoms with Crippen molar-refractivity contribution in [1.82, 2.24) is 4.90 Å². The Morgan fingerprint density at radius 3 is 2.86 bits per heavy atom. The molecule has 2 unspecified atom stereocenters. The Kier molecular flexibility index (Phi) is 5.23. The highest BCUT2D eigenvalue weighted by Gasteiger charge is 2.30. The van der Waals surface area contributed by atoms with E-state index in [1.807, 2.05) is 11.8 Å². The maximum atomic E-state index is 9.62. The van der Waals surface area contributed by atoms with Crippen LogP contribution in [0.25, 0.3) is 0 Å². The van der Waals surface area contributed by atoms with Crippen molar-refractivity contribution < 1.29 is 9.84 Å². The van der Waals surface area contributed by atoms with Crippen LogP contribution in [0, 0.1) is 0 Å². The van der Waals surface area contributed by atoms with Crippen molar-refractivity contribution in [3.8, 4) is 0 Å². The van der Waals surface area contributed by atoms with Crippen LogP contribution < -0.4 is 0 Å². The fourth-order valence-corrected chi connectivity index (χ4v) is 2.55. The minimum Gasteiger partial charge on any atom is -0.367 e. The van der Waals surface area contributed by atoms with Gasteiger partial charge in [-0.25, -0.2) is 0 Å². The Labute approximate surface area is 90.8 Å². The van der Waals surface area contributed by atoms with E-state index in [1.54, 1.807) is 7.11 Å². The summed E-state index contributed by atoms with van der Waals surface area (Å²) in [6.45, 7) is 5.48. The van der Waals surface area contributed by atoms with Crippen LogP contribution in [0.2, 0.25) is 0 Å². The zero-order chi connectivity index (χ0) is 10.6. The summed E-state index contributed by atoms with van der Waals surface area (Å²) in [6.07, 6.45) is 1.60. The van der Waals surface area contributed by atoms with E-state index >= 15 is 0 Å². The normalized spacial score (nSPS) is 25.9. The van der Waals surface area contributed by atoms with E-state index in [1.165, 1.54) is 6.42 Å². The predicted molar refractivity (Wildman–Crippen MR) is 60.3 cm³/mol. The van der Waals surface area contributed by atoms with Crippen LogP contribution >= 0.6 is 11.8 Å². The van der Waals surface area contributed by atoms with Gasteiger partial charge in [0.25, 0.3) is 0 Å². The molecule has 0 bridgehead atoms. The molecule has 0 aliphatic carbocycles. The van der Waals surface area contributed by atoms with Gasteiger partial charge in [0.2, 0.25) is 0 Å². The zero-order valence-corrected chi connectivity index (χ0v) is 10.1. The molecule has 1 aliphatic rings. The molecule has 1 N–H and O–H groups in total. The third-order valence-electron chi connectivity index (χ3n) is 2.56. The van der Waals surface area contributed by atoms with Crippen LogP contribution in [0.1, 0.15) is 26.7 Å². The van der Waals surface area contributed by atoms with Gasteiger partial charge in [-0.3, -0.25) is 4.90 Å². The first kappa shape index (κ1) is 12.3. The Morgan fingerprint density at radius 2 is 2.29 bits per heavy atom. The van der Waals surface area contributed by atoms with Crippen molar-refractivity contribution in [2.24, 2.45) is 0 Å². The van der Waals surface area contributed by atoms with Crippen LogP contribution in [0.15, 0.2) is 0 Å². The van der Waals surface area contributed by atoms with Crippen LogP contribution in [0.3, 0.4) is 0 Å². The molecule has 1 fully saturated rings. The number of ether oxygens (including phenoxy) is 1. The molecule has 1 aliphatic heterocycles. The molecular weight excluding hydrogens is 198 g/mol. The minimum atomic E-state index is -0.620. The summed E-state index contributed by atoms with van der Waals surface area (Å²) in [5.41, 5.74) is 0. The van der Waals surface area contributed by atoms with Gasteiger partial charge in [0, 0.05) is 18.2 Å². The molecule has 0 saturated carbocycles. The van der Waals surface area contributed by atoms with E-state index < -0.39 is 6.29 Å². The molecule has 84 valence electrons. The molecule has 0 amide bonds. The number of methoxy groups -OCH3 is 1. The monoisotopic (exact) mass is 219 g/mol. The molecule has 0 aromatic rings. The maximum absolute atomic E-state index is 9.62. The van der Waals surface area contributed by atoms with E-state index in [0.29, 0.717) is 5.25 Å². The van der Waals surface area contributed by atoms with Crippen molar-refractivity contribution >= 4 is 11.8 Å². The summed E-state index contributed by atoms with van der Waals surface area (Å²) in [4.78, 5) is 2.32. The molecule has 3 nitrogen and oxygen atoms in total. The van der Waals surface area contributed by atoms with Gasteiger partial charge >= 0.3 is 0 Å². The Morgan fingerprint density at radius 1 is 1.57 bits per heavy atom. The molecule has 1 saturated heterocycles. The fraction of sp³-hybridized carbons (Fsp3) is 1.00. The van der Waals surface area contributed by atoms with E-state index in [-0.39, 0.29) is 6.04 Å². The van der Waals surface area contributed by atoms with Crippen molar-refractivity contribution in [2.75, 3.05) is 19.5 Å². The second kappa shape index (κ2) is 5.95. The molecule has 0 spiro atoms. The topological polar surface area (TPSA) is 32.7 Å². The highest BCUT2D eigenvalue weighted by atomic mass is 32.2. The lowest BCUT2D eigenvalue weighted by Crippen LogP contribution is -2.39. The first-order valence-electron chi connectivity index (χ1n) is 5.21. The van der Waals surface area contributed by atoms with E-state index in [9.17, 15) is 5.11 Å². The van der Waals surface area contributed by atoms with Crippen LogP contribution in [0.4, 0.5) is 0 Å². The summed E-state index contributed by atoms with van der Waals surface area (Å²) in [5, 5.41) is 10.3. The lowest BCUT2D eigenvalue weighted by Gasteiger charge is -2.27. The number of thioether (sulfide) groups is 1. The third kappa shape index (κ3) is 3.42. The summed E-state index contributed by atoms with van der Waals surface area (Å²) < 4.78 is 4.98. The highest BCUT2D eigenvalue weighted by molar-refractivity contribution is 7.99. The number of aliphatic hydroxyl groups excluding tert-OH is 1. The van der Waals surface area contributed by atoms with E-state index in [4.69, 9.17) is 4.74 Å². The van der Waals surface area contributed by atoms with Gasteiger partial charge in [-0.05, 0) is 19.4 Å². The van der Waals surface area contributed by atoms with Crippen molar-refractivity contribution in [3.63, 3.8) is 0 Å². The van der Waals surface area contributed by atoms with Crippen LogP contribution in [-0.2, 0) is 4.74 Å². The van der Waals surface area contributed by atoms with Crippen LogP contribution in [-0.4, -0.2) is 47.1 Å². The molecule has 1 heterocycles. The number of hydrogen-bond donors (Lipinski definition) is 1. The SMILES string of the molecule is COC(O)C1CCCN1CSC(C)C. The molecule has 0 radical (unpaired) electrons. The van der Waals surface area contributed by atoms with Gasteiger partial charge in [-0.15, -0.1) is 11.8 Å². The van der Waals surface area contributed by atoms with E-state index in [0.717, 1.165) is 18.8 Å². The molecular formula is C10H21NO2S. The molecule has 0 aromatic carbocycles. The average Bonchev–Trinajstić information content (AvgIpc) is 2.61. The Hall–Kier alpha value is 0.230. The predicted octanol–water partition coefficient (Wildman–Crippen LogP) is 1.51. The van der Waals surface area contributed by atoms with Gasteiger partial charge in [0.15, 0.2) is 6.29 Å². The highest BCUT2D eigenvalue weighted by Crippen LogP contribution is 2.24. The summed E-state index contributed by atoms with van der Waals surface area (Å²) >= 11 is 1.92. The smallest absolute Gasteiger partial charge is 0.169 e. The number of nitrogens with zero attached hydrogens (tertiary/aromatic N) is 1. The van der Waals surface area contributed by atoms with Gasteiger partial charge in [-0.2, -0.15) is 0 Å². The molecule has 1 rings (SSSR count). The summed E-state index contributed by atoms with van der Waals surface area (Å²) in [6, 6.07) is 0.200. The number of hydrogen-bond acceptors (Lipinski definition) is 4. The van der Waals surface area contributed by atoms with Gasteiger partial charge in [0.05, 0.1) is 6.04 Å². The molecule has 14 heavy (non-hydrogen) atoms. The largest absolute Gasteiger partial charge is 0.367 e. The molecule has 0 aromatic heterocycles. The summed E-state index contributed by atoms with van der Waals surface area (Å²) in [7, 11) is 1.57. The minimum absolute atomic E-state index is 0.200. The fourth-order valence-electron chi connectivity index (χ4n) is 1.74. The van der Waals surface area contributed by atoms with Gasteiger partial charge in [-0.1, -0.05) is 13.8 Å². The van der Waals surface area contributed by atoms with Crippen molar-refractivity contribution in [3.05, 3.63) is 0 Å². The second-order valence-corrected chi connectivity index (χ2v) is 5.53. The summed E-state index contributed by atoms with van der Waals surface area (Å²) in [5.74, 6) is 1.00. The van der Waals surface area contributed by atoms with Gasteiger partial charge < -0.3 is 9.84 Å². The first-order chi connectivity index (χ1) is 6.65. The van der Waals surface area contributed by atoms with Crippen molar-refractivity contribution in [1.29, 1.82) is 0 Å². The standard InChI is InChI=1S/C10H21NO2S/c1-8(2)14-7-11-6-4-5-9(11)10(12)13-3/h8-10,12H,4-7H2,1-3H3. The number of rotatable bonds is 5.